The predicted molar refractivity (Wildman–Crippen MR) is 101 cm³/mol. The number of nitrogens with one attached hydrogen (secondary N) is 2. The van der Waals surface area contributed by atoms with Crippen LogP contribution in [0.2, 0.25) is 0 Å². The lowest BCUT2D eigenvalue weighted by Crippen LogP contribution is -2.38. The Morgan fingerprint density at radius 2 is 1.85 bits per heavy atom. The molecule has 0 bridgehead atoms. The minimum absolute atomic E-state index is 0.0643. The molecule has 1 fully saturated rings. The summed E-state index contributed by atoms with van der Waals surface area (Å²) in [6, 6.07) is 4.09. The third-order valence-electron chi connectivity index (χ3n) is 4.20. The van der Waals surface area contributed by atoms with Crippen LogP contribution in [-0.2, 0) is 24.5 Å². The van der Waals surface area contributed by atoms with Crippen molar-refractivity contribution >= 4 is 19.8 Å². The number of hydrogen-bond acceptors (Lipinski definition) is 6. The van der Waals surface area contributed by atoms with Crippen LogP contribution in [0.1, 0.15) is 26.7 Å². The first-order chi connectivity index (χ1) is 12.4. The van der Waals surface area contributed by atoms with E-state index in [2.05, 4.69) is 4.72 Å². The standard InChI is InChI=1S/C17H27FN2O5S2/c1-13(2)11-20-27(22,23)15-6-4-5-14(26(3,19)21)16(15)25-12-17(18)7-9-24-10-8-17/h4-6,13,19-20H,7-12H2,1-3H3. The molecule has 0 aromatic heterocycles. The van der Waals surface area contributed by atoms with Gasteiger partial charge in [0.05, 0.1) is 14.6 Å². The fourth-order valence-corrected chi connectivity index (χ4v) is 4.90. The maximum absolute atomic E-state index is 14.9. The van der Waals surface area contributed by atoms with Crippen LogP contribution in [0, 0.1) is 10.7 Å². The van der Waals surface area contributed by atoms with Gasteiger partial charge >= 0.3 is 0 Å². The largest absolute Gasteiger partial charge is 0.488 e. The van der Waals surface area contributed by atoms with Crippen molar-refractivity contribution in [3.8, 4) is 5.75 Å². The van der Waals surface area contributed by atoms with Crippen molar-refractivity contribution in [1.29, 1.82) is 4.78 Å². The second-order valence-corrected chi connectivity index (χ2v) is 11.1. The van der Waals surface area contributed by atoms with E-state index in [1.165, 1.54) is 24.5 Å². The fraction of sp³-hybridized carbons (Fsp3) is 0.647. The topological polar surface area (TPSA) is 106 Å². The van der Waals surface area contributed by atoms with Gasteiger partial charge in [-0.05, 0) is 18.1 Å². The van der Waals surface area contributed by atoms with E-state index >= 15 is 0 Å². The highest BCUT2D eigenvalue weighted by Gasteiger charge is 2.35. The van der Waals surface area contributed by atoms with E-state index in [0.717, 1.165) is 0 Å². The number of halogens is 1. The van der Waals surface area contributed by atoms with Gasteiger partial charge in [-0.25, -0.2) is 26.5 Å². The predicted octanol–water partition coefficient (Wildman–Crippen LogP) is 2.55. The lowest BCUT2D eigenvalue weighted by Gasteiger charge is -2.30. The number of hydrogen-bond donors (Lipinski definition) is 2. The first-order valence-electron chi connectivity index (χ1n) is 8.71. The summed E-state index contributed by atoms with van der Waals surface area (Å²) in [7, 11) is -7.26. The highest BCUT2D eigenvalue weighted by molar-refractivity contribution is 7.92. The van der Waals surface area contributed by atoms with E-state index < -0.39 is 32.0 Å². The Hall–Kier alpha value is -1.23. The number of rotatable bonds is 8. The summed E-state index contributed by atoms with van der Waals surface area (Å²) in [5, 5.41) is 0. The molecule has 1 atom stereocenters. The number of sulfonamides is 1. The number of para-hydroxylation sites is 1. The molecule has 1 aliphatic rings. The zero-order chi connectivity index (χ0) is 20.3. The van der Waals surface area contributed by atoms with Crippen molar-refractivity contribution < 1.29 is 26.5 Å². The molecular formula is C17H27FN2O5S2. The second-order valence-electron chi connectivity index (χ2n) is 7.22. The van der Waals surface area contributed by atoms with Gasteiger partial charge in [-0.15, -0.1) is 0 Å². The molecule has 0 saturated carbocycles. The van der Waals surface area contributed by atoms with Crippen LogP contribution >= 0.6 is 0 Å². The van der Waals surface area contributed by atoms with Crippen molar-refractivity contribution in [3.05, 3.63) is 18.2 Å². The molecule has 2 rings (SSSR count). The van der Waals surface area contributed by atoms with Crippen LogP contribution in [0.25, 0.3) is 0 Å². The lowest BCUT2D eigenvalue weighted by atomic mass is 9.98. The average Bonchev–Trinajstić information content (AvgIpc) is 2.58. The quantitative estimate of drug-likeness (QED) is 0.670. The van der Waals surface area contributed by atoms with Crippen LogP contribution in [0.3, 0.4) is 0 Å². The highest BCUT2D eigenvalue weighted by Crippen LogP contribution is 2.34. The smallest absolute Gasteiger partial charge is 0.244 e. The number of alkyl halides is 1. The molecular weight excluding hydrogens is 395 g/mol. The second kappa shape index (κ2) is 8.42. The van der Waals surface area contributed by atoms with Gasteiger partial charge in [0.2, 0.25) is 10.0 Å². The Morgan fingerprint density at radius 3 is 2.41 bits per heavy atom. The van der Waals surface area contributed by atoms with Crippen LogP contribution in [0.15, 0.2) is 28.0 Å². The Balaban J connectivity index is 2.42. The summed E-state index contributed by atoms with van der Waals surface area (Å²) >= 11 is 0. The molecule has 7 nitrogen and oxygen atoms in total. The van der Waals surface area contributed by atoms with Crippen LogP contribution in [0.4, 0.5) is 4.39 Å². The minimum atomic E-state index is -3.97. The molecule has 1 aliphatic heterocycles. The van der Waals surface area contributed by atoms with Crippen molar-refractivity contribution in [3.63, 3.8) is 0 Å². The molecule has 10 heteroatoms. The SMILES string of the molecule is CC(C)CNS(=O)(=O)c1cccc(S(C)(=N)=O)c1OCC1(F)CCOCC1. The summed E-state index contributed by atoms with van der Waals surface area (Å²) in [4.78, 5) is -0.302. The third kappa shape index (κ3) is 5.87. The third-order valence-corrected chi connectivity index (χ3v) is 6.81. The van der Waals surface area contributed by atoms with Crippen LogP contribution in [-0.4, -0.2) is 50.9 Å². The molecule has 0 spiro atoms. The van der Waals surface area contributed by atoms with Crippen molar-refractivity contribution in [2.45, 2.75) is 42.1 Å². The Morgan fingerprint density at radius 1 is 1.26 bits per heavy atom. The molecule has 0 amide bonds. The molecule has 1 unspecified atom stereocenters. The molecule has 1 aromatic rings. The summed E-state index contributed by atoms with van der Waals surface area (Å²) in [5.41, 5.74) is -1.66. The number of benzene rings is 1. The van der Waals surface area contributed by atoms with Gasteiger partial charge in [0.25, 0.3) is 0 Å². The summed E-state index contributed by atoms with van der Waals surface area (Å²) < 4.78 is 73.7. The molecule has 0 aliphatic carbocycles. The first kappa shape index (κ1) is 22.1. The highest BCUT2D eigenvalue weighted by atomic mass is 32.2. The van der Waals surface area contributed by atoms with Crippen molar-refractivity contribution in [2.24, 2.45) is 5.92 Å². The van der Waals surface area contributed by atoms with E-state index in [9.17, 15) is 17.0 Å². The van der Waals surface area contributed by atoms with Crippen molar-refractivity contribution in [1.82, 2.24) is 4.72 Å². The molecule has 0 radical (unpaired) electrons. The normalized spacial score (nSPS) is 19.6. The van der Waals surface area contributed by atoms with E-state index in [1.807, 2.05) is 13.8 Å². The van der Waals surface area contributed by atoms with Crippen LogP contribution in [0.5, 0.6) is 5.75 Å². The van der Waals surface area contributed by atoms with Gasteiger partial charge in [0.15, 0.2) is 5.75 Å². The maximum Gasteiger partial charge on any atom is 0.244 e. The molecule has 2 N–H and O–H groups in total. The number of ether oxygens (including phenoxy) is 2. The van der Waals surface area contributed by atoms with E-state index in [1.54, 1.807) is 0 Å². The first-order valence-corrected chi connectivity index (χ1v) is 12.2. The summed E-state index contributed by atoms with van der Waals surface area (Å²) in [6.07, 6.45) is 1.43. The Kier molecular flexibility index (Phi) is 6.88. The van der Waals surface area contributed by atoms with Gasteiger partial charge in [-0.3, -0.25) is 0 Å². The van der Waals surface area contributed by atoms with Crippen molar-refractivity contribution in [2.75, 3.05) is 32.6 Å². The van der Waals surface area contributed by atoms with E-state index in [0.29, 0.717) is 0 Å². The van der Waals surface area contributed by atoms with Crippen LogP contribution < -0.4 is 9.46 Å². The molecule has 1 saturated heterocycles. The zero-order valence-electron chi connectivity index (χ0n) is 15.8. The lowest BCUT2D eigenvalue weighted by molar-refractivity contribution is -0.0333. The molecule has 1 heterocycles. The van der Waals surface area contributed by atoms with Gasteiger partial charge in [-0.1, -0.05) is 19.9 Å². The van der Waals surface area contributed by atoms with Gasteiger partial charge in [-0.2, -0.15) is 0 Å². The van der Waals surface area contributed by atoms with Gasteiger partial charge in [0, 0.05) is 38.9 Å². The average molecular weight is 423 g/mol. The minimum Gasteiger partial charge on any atom is -0.488 e. The molecule has 154 valence electrons. The van der Waals surface area contributed by atoms with Gasteiger partial charge in [0.1, 0.15) is 17.2 Å². The maximum atomic E-state index is 14.9. The Bertz CT molecular complexity index is 863. The zero-order valence-corrected chi connectivity index (χ0v) is 17.4. The van der Waals surface area contributed by atoms with Gasteiger partial charge < -0.3 is 9.47 Å². The fourth-order valence-electron chi connectivity index (χ4n) is 2.59. The molecule has 1 aromatic carbocycles. The monoisotopic (exact) mass is 422 g/mol. The Labute approximate surface area is 160 Å². The molecule has 27 heavy (non-hydrogen) atoms. The summed E-state index contributed by atoms with van der Waals surface area (Å²) in [6.45, 7) is 4.04. The summed E-state index contributed by atoms with van der Waals surface area (Å²) in [5.74, 6) is -0.143. The van der Waals surface area contributed by atoms with E-state index in [-0.39, 0.29) is 54.1 Å². The van der Waals surface area contributed by atoms with E-state index in [4.69, 9.17) is 14.3 Å².